The van der Waals surface area contributed by atoms with Crippen LogP contribution in [0.15, 0.2) is 86.1 Å². The minimum absolute atomic E-state index is 0.522. The molecule has 0 saturated heterocycles. The van der Waals surface area contributed by atoms with Gasteiger partial charge in [-0.3, -0.25) is 4.99 Å². The summed E-state index contributed by atoms with van der Waals surface area (Å²) in [6.45, 7) is 13.3. The van der Waals surface area contributed by atoms with Gasteiger partial charge in [0.1, 0.15) is 11.9 Å². The Labute approximate surface area is 235 Å². The summed E-state index contributed by atoms with van der Waals surface area (Å²) >= 11 is 3.02. The second-order valence-electron chi connectivity index (χ2n) is 9.27. The summed E-state index contributed by atoms with van der Waals surface area (Å²) in [4.78, 5) is 35.8. The molecule has 0 radical (unpaired) electrons. The Morgan fingerprint density at radius 2 is 1.92 bits per heavy atom. The maximum Gasteiger partial charge on any atom is 0.237 e. The predicted octanol–water partition coefficient (Wildman–Crippen LogP) is 5.22. The van der Waals surface area contributed by atoms with E-state index in [9.17, 15) is 0 Å². The van der Waals surface area contributed by atoms with Crippen LogP contribution in [0, 0.1) is 0 Å². The minimum Gasteiger partial charge on any atom is -0.368 e. The number of aromatic amines is 1. The molecule has 1 atom stereocenters. The first-order valence-electron chi connectivity index (χ1n) is 12.5. The summed E-state index contributed by atoms with van der Waals surface area (Å²) in [6.07, 6.45) is 4.75. The van der Waals surface area contributed by atoms with Crippen molar-refractivity contribution in [1.82, 2.24) is 25.3 Å². The monoisotopic (exact) mass is 558 g/mol. The molecule has 2 aliphatic rings. The van der Waals surface area contributed by atoms with Crippen molar-refractivity contribution in [2.75, 3.05) is 18.4 Å². The molecule has 0 bridgehead atoms. The van der Waals surface area contributed by atoms with Crippen LogP contribution in [0.2, 0.25) is 0 Å². The Bertz CT molecular complexity index is 1510. The molecule has 200 valence electrons. The van der Waals surface area contributed by atoms with E-state index in [-0.39, 0.29) is 0 Å². The number of aromatic nitrogens is 4. The second kappa shape index (κ2) is 12.0. The number of imidazole rings is 1. The van der Waals surface area contributed by atoms with Crippen molar-refractivity contribution in [2.45, 2.75) is 41.9 Å². The highest BCUT2D eigenvalue weighted by atomic mass is 32.2. The molecule has 10 nitrogen and oxygen atoms in total. The van der Waals surface area contributed by atoms with E-state index in [1.165, 1.54) is 23.7 Å². The maximum atomic E-state index is 5.03. The Kier molecular flexibility index (Phi) is 8.22. The fourth-order valence-electron chi connectivity index (χ4n) is 3.76. The lowest BCUT2D eigenvalue weighted by atomic mass is 10.2. The number of nitrogens with one attached hydrogen (secondary N) is 3. The van der Waals surface area contributed by atoms with Gasteiger partial charge < -0.3 is 15.6 Å². The van der Waals surface area contributed by atoms with Crippen LogP contribution in [0.4, 0.5) is 5.82 Å². The van der Waals surface area contributed by atoms with Gasteiger partial charge in [0.15, 0.2) is 34.0 Å². The highest BCUT2D eigenvalue weighted by molar-refractivity contribution is 8.17. The SMILES string of the molecule is C=C(C)CCN=C1NC(SCc2ccccc2)(Sc2nc(NCCC(=C)C)c3[nH]cnc3n2)N=C2N=CN=C21. The molecule has 1 aromatic carbocycles. The summed E-state index contributed by atoms with van der Waals surface area (Å²) in [5.41, 5.74) is 5.31. The number of hydrogen-bond acceptors (Lipinski definition) is 10. The second-order valence-corrected chi connectivity index (χ2v) is 11.9. The number of anilines is 1. The molecule has 0 saturated carbocycles. The third-order valence-corrected chi connectivity index (χ3v) is 8.26. The molecule has 0 spiro atoms. The van der Waals surface area contributed by atoms with Gasteiger partial charge in [0.05, 0.1) is 6.33 Å². The first-order chi connectivity index (χ1) is 18.9. The van der Waals surface area contributed by atoms with E-state index in [1.807, 2.05) is 32.0 Å². The molecule has 0 amide bonds. The average Bonchev–Trinajstić information content (AvgIpc) is 3.57. The van der Waals surface area contributed by atoms with Gasteiger partial charge in [-0.15, -0.1) is 13.2 Å². The van der Waals surface area contributed by atoms with Gasteiger partial charge in [0.25, 0.3) is 0 Å². The molecule has 2 aliphatic heterocycles. The van der Waals surface area contributed by atoms with Gasteiger partial charge >= 0.3 is 0 Å². The number of benzene rings is 1. The molecule has 5 rings (SSSR count). The van der Waals surface area contributed by atoms with Crippen molar-refractivity contribution < 1.29 is 0 Å². The maximum absolute atomic E-state index is 5.03. The lowest BCUT2D eigenvalue weighted by Crippen LogP contribution is -2.51. The van der Waals surface area contributed by atoms with Gasteiger partial charge in [0, 0.05) is 18.8 Å². The largest absolute Gasteiger partial charge is 0.368 e. The number of nitrogens with zero attached hydrogens (tertiary/aromatic N) is 7. The third kappa shape index (κ3) is 6.63. The van der Waals surface area contributed by atoms with E-state index in [4.69, 9.17) is 20.0 Å². The van der Waals surface area contributed by atoms with Crippen LogP contribution in [0.5, 0.6) is 0 Å². The number of rotatable bonds is 12. The Morgan fingerprint density at radius 1 is 1.10 bits per heavy atom. The van der Waals surface area contributed by atoms with Crippen molar-refractivity contribution in [3.63, 3.8) is 0 Å². The molecule has 2 aromatic heterocycles. The van der Waals surface area contributed by atoms with Crippen LogP contribution >= 0.6 is 23.5 Å². The highest BCUT2D eigenvalue weighted by Crippen LogP contribution is 2.44. The lowest BCUT2D eigenvalue weighted by Gasteiger charge is -2.33. The van der Waals surface area contributed by atoms with Crippen molar-refractivity contribution >= 4 is 64.2 Å². The van der Waals surface area contributed by atoms with E-state index in [1.54, 1.807) is 18.1 Å². The lowest BCUT2D eigenvalue weighted by molar-refractivity contribution is 0.780. The van der Waals surface area contributed by atoms with Crippen LogP contribution in [0.25, 0.3) is 11.2 Å². The fraction of sp³-hybridized carbons (Fsp3) is 0.296. The third-order valence-electron chi connectivity index (χ3n) is 5.76. The standard InChI is InChI=1S/C27H30N10S2/c1-17(2)10-12-28-22-20-23(32-15-30-20)35-26(34-22)39-27(38-14-19-8-6-5-7-9-19)36-24(29-13-11-18(3)4)21-25(37-27)33-16-31-21/h5-9,15-16H,1,3,10-14H2,2,4H3,(H,29,36)(H2,28,30,32,34,35). The number of aliphatic imine (C=N–C) groups is 4. The quantitative estimate of drug-likeness (QED) is 0.158. The zero-order chi connectivity index (χ0) is 27.2. The molecule has 3 N–H and O–H groups in total. The van der Waals surface area contributed by atoms with Crippen LogP contribution in [0.3, 0.4) is 0 Å². The molecule has 12 heteroatoms. The van der Waals surface area contributed by atoms with E-state index in [2.05, 4.69) is 55.9 Å². The van der Waals surface area contributed by atoms with Crippen LogP contribution < -0.4 is 10.6 Å². The Morgan fingerprint density at radius 3 is 2.72 bits per heavy atom. The number of thioether (sulfide) groups is 2. The normalized spacial score (nSPS) is 19.0. The van der Waals surface area contributed by atoms with Gasteiger partial charge in [-0.05, 0) is 44.0 Å². The van der Waals surface area contributed by atoms with Crippen molar-refractivity contribution in [3.8, 4) is 0 Å². The van der Waals surface area contributed by atoms with E-state index in [0.29, 0.717) is 52.8 Å². The fourth-order valence-corrected chi connectivity index (χ4v) is 6.07. The number of hydrogen-bond donors (Lipinski definition) is 3. The van der Waals surface area contributed by atoms with Crippen molar-refractivity contribution in [1.29, 1.82) is 0 Å². The number of H-pyrrole nitrogens is 1. The van der Waals surface area contributed by atoms with Crippen LogP contribution in [-0.4, -0.2) is 61.1 Å². The first kappa shape index (κ1) is 26.8. The Balaban J connectivity index is 1.50. The van der Waals surface area contributed by atoms with Crippen molar-refractivity contribution in [2.24, 2.45) is 20.0 Å². The summed E-state index contributed by atoms with van der Waals surface area (Å²) in [5.74, 6) is 2.56. The predicted molar refractivity (Wildman–Crippen MR) is 164 cm³/mol. The van der Waals surface area contributed by atoms with Gasteiger partial charge in [-0.1, -0.05) is 53.2 Å². The Hall–Kier alpha value is -3.77. The van der Waals surface area contributed by atoms with Crippen molar-refractivity contribution in [3.05, 3.63) is 66.5 Å². The molecule has 39 heavy (non-hydrogen) atoms. The first-order valence-corrected chi connectivity index (χ1v) is 14.4. The average molecular weight is 559 g/mol. The van der Waals surface area contributed by atoms with Crippen LogP contribution in [0.1, 0.15) is 32.3 Å². The van der Waals surface area contributed by atoms with Gasteiger partial charge in [-0.2, -0.15) is 0 Å². The van der Waals surface area contributed by atoms with E-state index in [0.717, 1.165) is 29.5 Å². The summed E-state index contributed by atoms with van der Waals surface area (Å²) in [6, 6.07) is 10.3. The molecule has 3 aromatic rings. The zero-order valence-electron chi connectivity index (χ0n) is 21.9. The highest BCUT2D eigenvalue weighted by Gasteiger charge is 2.42. The molecule has 4 heterocycles. The summed E-state index contributed by atoms with van der Waals surface area (Å²) < 4.78 is -0.938. The molecule has 0 fully saturated rings. The number of fused-ring (bicyclic) bond motifs is 2. The molecular formula is C27H30N10S2. The zero-order valence-corrected chi connectivity index (χ0v) is 23.6. The topological polar surface area (TPSA) is 128 Å². The van der Waals surface area contributed by atoms with Gasteiger partial charge in [0.2, 0.25) is 4.33 Å². The smallest absolute Gasteiger partial charge is 0.237 e. The van der Waals surface area contributed by atoms with Gasteiger partial charge in [-0.25, -0.2) is 29.9 Å². The number of amidine groups is 2. The van der Waals surface area contributed by atoms with E-state index < -0.39 is 4.33 Å². The minimum atomic E-state index is -0.938. The van der Waals surface area contributed by atoms with Crippen LogP contribution in [-0.2, 0) is 5.75 Å². The van der Waals surface area contributed by atoms with E-state index >= 15 is 0 Å². The summed E-state index contributed by atoms with van der Waals surface area (Å²) in [7, 11) is 0. The molecule has 0 aliphatic carbocycles. The molecule has 1 unspecified atom stereocenters. The molecular weight excluding hydrogens is 529 g/mol. The summed E-state index contributed by atoms with van der Waals surface area (Å²) in [5, 5.41) is 7.48.